The highest BCUT2D eigenvalue weighted by Crippen LogP contribution is 2.33. The first-order valence-electron chi connectivity index (χ1n) is 41.6. The Balaban J connectivity index is 0.000000133. The Morgan fingerprint density at radius 3 is 1.33 bits per heavy atom. The van der Waals surface area contributed by atoms with Crippen molar-refractivity contribution in [2.75, 3.05) is 109 Å². The van der Waals surface area contributed by atoms with Crippen molar-refractivity contribution in [3.8, 4) is 30.1 Å². The highest BCUT2D eigenvalue weighted by atomic mass is 19.4. The molecule has 0 unspecified atom stereocenters. The van der Waals surface area contributed by atoms with E-state index in [9.17, 15) is 22.8 Å². The second-order valence-electron chi connectivity index (χ2n) is 31.0. The number of alkyl halides is 3. The number of methoxy groups -OCH3 is 1. The molecule has 17 rings (SSSR count). The van der Waals surface area contributed by atoms with Crippen LogP contribution in [-0.4, -0.2) is 196 Å². The molecule has 4 aliphatic rings. The van der Waals surface area contributed by atoms with E-state index in [1.165, 1.54) is 86.7 Å². The minimum atomic E-state index is -4.49. The van der Waals surface area contributed by atoms with Crippen molar-refractivity contribution in [1.29, 1.82) is 0 Å². The predicted octanol–water partition coefficient (Wildman–Crippen LogP) is 11.4. The van der Waals surface area contributed by atoms with E-state index in [4.69, 9.17) is 51.4 Å². The number of imidazole rings is 4. The second kappa shape index (κ2) is 40.2. The number of nitrogens with zero attached hydrogens (tertiary/aromatic N) is 19. The number of fused-ring (bicyclic) bond motifs is 4. The van der Waals surface area contributed by atoms with E-state index in [1.54, 1.807) is 23.2 Å². The van der Waals surface area contributed by atoms with Crippen LogP contribution in [0.4, 0.5) is 41.2 Å². The summed E-state index contributed by atoms with van der Waals surface area (Å²) in [5.41, 5.74) is 36.9. The van der Waals surface area contributed by atoms with Crippen LogP contribution in [0.25, 0.3) is 44.7 Å². The highest BCUT2D eigenvalue weighted by Gasteiger charge is 2.31. The molecule has 9 aromatic heterocycles. The molecule has 0 spiro atoms. The maximum Gasteiger partial charge on any atom is 0.422 e. The van der Waals surface area contributed by atoms with Gasteiger partial charge in [-0.15, -0.1) is 0 Å². The summed E-state index contributed by atoms with van der Waals surface area (Å²) in [6, 6.07) is 37.9. The molecule has 644 valence electrons. The summed E-state index contributed by atoms with van der Waals surface area (Å²) >= 11 is 0. The number of H-pyrrole nitrogens is 1. The molecule has 0 atom stereocenters. The summed E-state index contributed by atoms with van der Waals surface area (Å²) in [5, 5.41) is 2.61. The van der Waals surface area contributed by atoms with Gasteiger partial charge in [-0.25, -0.2) is 19.6 Å². The average Bonchev–Trinajstić information content (AvgIpc) is 2.22. The minimum Gasteiger partial charge on any atom is -0.463 e. The van der Waals surface area contributed by atoms with Gasteiger partial charge in [-0.05, 0) is 180 Å². The first kappa shape index (κ1) is 85.9. The number of aromatic nitrogens is 17. The van der Waals surface area contributed by atoms with Crippen molar-refractivity contribution in [2.45, 2.75) is 150 Å². The molecule has 10 N–H and O–H groups in total. The van der Waals surface area contributed by atoms with Crippen LogP contribution in [0.1, 0.15) is 134 Å². The standard InChI is InChI=1S/C23H31N7O4.C22H28N6O.C21H24N6O2.C20H23F3N6O/c1-3-25-23(31)34-22-26-18-19(24)27-21(33-12-11-32-2)28-20(18)30(22)15-17-8-6-7-16(13-17)14-29-9-4-5-10-29;1-15-24-19-20(23)25-22(29-14-16-7-8-16)26-21(19)28(15)13-18-6-4-5-17(11-18)12-27-9-2-3-10-27;1-2-3-11-29-20-24-18(22)17-19(25-20)27(21(28)23-17)14-16-8-6-7-15(12-16)13-26-9-4-5-10-26;1-13-25-16-17(24)26-19(30-12-20(21,22)23)27-18(16)29(13)11-15-6-4-5-14(9-15)10-28-7-2-3-8-28/h6-8,13H,3-5,9-12,14-15H2,1-2H3,(H,25,31)(H2,24,27,28);4-6,11,16H,2-3,7-10,12-14H2,1H3,(H2,23,25,26);4-10,12H,2-3,11,13-14H2,1H3,(H,23,28)(H2,22,24,25);4-6,9H,2-3,7-8,10-12H2,1H3,(H2,24,26,27). The number of likely N-dealkylation sites (tertiary alicyclic amines) is 3. The Morgan fingerprint density at radius 1 is 0.475 bits per heavy atom. The van der Waals surface area contributed by atoms with Gasteiger partial charge in [-0.1, -0.05) is 110 Å². The van der Waals surface area contributed by atoms with Crippen LogP contribution in [0.3, 0.4) is 0 Å². The number of unbranched alkanes of at least 4 members (excludes halogenated alkanes) is 1. The fourth-order valence-electron chi connectivity index (χ4n) is 15.0. The lowest BCUT2D eigenvalue weighted by Crippen LogP contribution is -2.27. The van der Waals surface area contributed by atoms with Gasteiger partial charge in [0.2, 0.25) is 0 Å². The molecule has 4 fully saturated rings. The summed E-state index contributed by atoms with van der Waals surface area (Å²) in [7, 11) is 1.58. The van der Waals surface area contributed by atoms with Crippen LogP contribution in [0, 0.1) is 19.8 Å². The van der Waals surface area contributed by atoms with E-state index in [-0.39, 0.29) is 47.8 Å². The fraction of sp³-hybridized carbons (Fsp3) is 0.430. The van der Waals surface area contributed by atoms with E-state index >= 15 is 0 Å². The van der Waals surface area contributed by atoms with Gasteiger partial charge in [0.05, 0.1) is 46.0 Å². The molecule has 0 radical (unpaired) electrons. The molecular weight excluding hydrogens is 1570 g/mol. The van der Waals surface area contributed by atoms with Gasteiger partial charge in [0.1, 0.15) is 23.8 Å². The number of hydrogen-bond donors (Lipinski definition) is 6. The molecule has 4 aromatic carbocycles. The Hall–Kier alpha value is -12.5. The topological polar surface area (TPSA) is 398 Å². The van der Waals surface area contributed by atoms with Crippen molar-refractivity contribution < 1.29 is 46.4 Å². The maximum atomic E-state index is 12.5. The molecule has 1 aliphatic carbocycles. The summed E-state index contributed by atoms with van der Waals surface area (Å²) < 4.78 is 78.9. The lowest BCUT2D eigenvalue weighted by Gasteiger charge is -2.15. The Kier molecular flexibility index (Phi) is 28.3. The van der Waals surface area contributed by atoms with Crippen LogP contribution >= 0.6 is 0 Å². The third-order valence-electron chi connectivity index (χ3n) is 21.2. The first-order valence-corrected chi connectivity index (χ1v) is 41.6. The highest BCUT2D eigenvalue weighted by molar-refractivity contribution is 5.85. The smallest absolute Gasteiger partial charge is 0.422 e. The molecular formula is C86H106F3N25O8. The third kappa shape index (κ3) is 22.9. The van der Waals surface area contributed by atoms with E-state index in [0.29, 0.717) is 115 Å². The number of nitrogens with one attached hydrogen (secondary N) is 2. The number of rotatable bonds is 31. The number of anilines is 4. The number of halogens is 3. The predicted molar refractivity (Wildman–Crippen MR) is 458 cm³/mol. The van der Waals surface area contributed by atoms with Crippen molar-refractivity contribution in [3.05, 3.63) is 188 Å². The number of nitrogen functional groups attached to an aromatic ring is 4. The Labute approximate surface area is 703 Å². The van der Waals surface area contributed by atoms with Gasteiger partial charge in [0.25, 0.3) is 0 Å². The number of benzene rings is 4. The minimum absolute atomic E-state index is 0.0122. The van der Waals surface area contributed by atoms with Gasteiger partial charge < -0.3 is 75.4 Å². The SMILES string of the molecule is CCCCOc1nc(N)c2[nH]c(=O)n(Cc3cccc(Cn4cccc4)c3)c2n1.CCNC(=O)Oc1nc2c(N)nc(OCCOC)nc2n1Cc1cccc(CN2CCCC2)c1.Cc1nc2c(N)nc(OCC(F)(F)F)nc2n1Cc1cccc(CN2CCCC2)c1.Cc1nc2c(N)nc(OCC3CC3)nc2n1Cc1cccc(CN2CCCC2)c1. The molecule has 1 saturated carbocycles. The molecule has 0 bridgehead atoms. The van der Waals surface area contributed by atoms with Gasteiger partial charge in [0.15, 0.2) is 69.0 Å². The van der Waals surface area contributed by atoms with Gasteiger partial charge in [0, 0.05) is 52.2 Å². The van der Waals surface area contributed by atoms with E-state index < -0.39 is 24.9 Å². The number of nitrogens with two attached hydrogens (primary N) is 4. The third-order valence-corrected chi connectivity index (χ3v) is 21.2. The summed E-state index contributed by atoms with van der Waals surface area (Å²) in [5.74, 6) is 2.88. The molecule has 12 heterocycles. The normalized spacial score (nSPS) is 14.4. The second-order valence-corrected chi connectivity index (χ2v) is 31.0. The number of hydrogen-bond acceptors (Lipinski definition) is 26. The molecule has 13 aromatic rings. The van der Waals surface area contributed by atoms with Crippen LogP contribution < -0.4 is 57.6 Å². The summed E-state index contributed by atoms with van der Waals surface area (Å²) in [6.07, 6.45) is 10.9. The lowest BCUT2D eigenvalue weighted by molar-refractivity contribution is -0.154. The molecule has 1 amide bonds. The van der Waals surface area contributed by atoms with Gasteiger partial charge in [-0.3, -0.25) is 23.8 Å². The number of carbonyl (C=O) groups excluding carboxylic acids is 1. The largest absolute Gasteiger partial charge is 0.463 e. The monoisotopic (exact) mass is 1670 g/mol. The summed E-state index contributed by atoms with van der Waals surface area (Å²) in [6.45, 7) is 20.9. The molecule has 3 aliphatic heterocycles. The number of aromatic amines is 1. The zero-order valence-corrected chi connectivity index (χ0v) is 69.5. The van der Waals surface area contributed by atoms with E-state index in [2.05, 4.69) is 157 Å². The van der Waals surface area contributed by atoms with E-state index in [1.807, 2.05) is 79.3 Å². The first-order chi connectivity index (χ1) is 59.1. The Bertz CT molecular complexity index is 5750. The average molecular weight is 1670 g/mol. The van der Waals surface area contributed by atoms with Crippen LogP contribution in [0.5, 0.6) is 30.1 Å². The van der Waals surface area contributed by atoms with Crippen molar-refractivity contribution in [1.82, 2.24) is 103 Å². The quantitative estimate of drug-likeness (QED) is 0.0220. The van der Waals surface area contributed by atoms with Crippen LogP contribution in [0.2, 0.25) is 0 Å². The molecule has 122 heavy (non-hydrogen) atoms. The molecule has 3 saturated heterocycles. The maximum absolute atomic E-state index is 12.5. The van der Waals surface area contributed by atoms with Crippen molar-refractivity contribution in [2.24, 2.45) is 5.92 Å². The Morgan fingerprint density at radius 2 is 0.877 bits per heavy atom. The summed E-state index contributed by atoms with van der Waals surface area (Å²) in [4.78, 5) is 82.4. The fourth-order valence-corrected chi connectivity index (χ4v) is 15.0. The zero-order valence-electron chi connectivity index (χ0n) is 69.5. The zero-order chi connectivity index (χ0) is 85.2. The van der Waals surface area contributed by atoms with Gasteiger partial charge in [-0.2, -0.15) is 58.0 Å². The van der Waals surface area contributed by atoms with Crippen molar-refractivity contribution >= 4 is 74.0 Å². The number of amides is 1. The molecule has 33 nitrogen and oxygen atoms in total. The van der Waals surface area contributed by atoms with Gasteiger partial charge >= 0.3 is 48.0 Å². The van der Waals surface area contributed by atoms with E-state index in [0.717, 1.165) is 98.9 Å². The van der Waals surface area contributed by atoms with Crippen LogP contribution in [0.15, 0.2) is 126 Å². The van der Waals surface area contributed by atoms with Crippen molar-refractivity contribution in [3.63, 3.8) is 0 Å². The molecule has 36 heteroatoms. The number of carbonyl (C=O) groups is 1. The van der Waals surface area contributed by atoms with Crippen LogP contribution in [-0.2, 0) is 57.1 Å². The number of ether oxygens (including phenoxy) is 6. The number of aryl methyl sites for hydroxylation is 2. The lowest BCUT2D eigenvalue weighted by atomic mass is 10.1.